The van der Waals surface area contributed by atoms with Crippen LogP contribution in [0.4, 0.5) is 0 Å². The van der Waals surface area contributed by atoms with Crippen molar-refractivity contribution >= 4 is 5.91 Å². The van der Waals surface area contributed by atoms with Crippen LogP contribution in [0, 0.1) is 12.3 Å². The van der Waals surface area contributed by atoms with Crippen molar-refractivity contribution in [3.8, 4) is 0 Å². The highest BCUT2D eigenvalue weighted by Crippen LogP contribution is 2.47. The zero-order chi connectivity index (χ0) is 13.0. The highest BCUT2D eigenvalue weighted by atomic mass is 16.5. The smallest absolute Gasteiger partial charge is 0.227 e. The van der Waals surface area contributed by atoms with Crippen LogP contribution in [0.1, 0.15) is 37.4 Å². The van der Waals surface area contributed by atoms with Crippen LogP contribution in [-0.4, -0.2) is 34.3 Å². The van der Waals surface area contributed by atoms with Crippen LogP contribution in [0.5, 0.6) is 0 Å². The molecule has 1 aliphatic carbocycles. The monoisotopic (exact) mass is 253 g/mol. The standard InChI is InChI=1S/C12H19N3O3/c1-9-14-11(18-15-9)3-2-10(17)13-8-12(4-5-12)6-7-16/h16H,2-8H2,1H3,(H,13,17). The van der Waals surface area contributed by atoms with Gasteiger partial charge in [0.25, 0.3) is 0 Å². The molecule has 1 saturated carbocycles. The Morgan fingerprint density at radius 1 is 1.56 bits per heavy atom. The van der Waals surface area contributed by atoms with Gasteiger partial charge in [0.05, 0.1) is 0 Å². The average molecular weight is 253 g/mol. The molecule has 1 fully saturated rings. The number of carbonyl (C=O) groups is 1. The lowest BCUT2D eigenvalue weighted by Crippen LogP contribution is -2.30. The number of aromatic nitrogens is 2. The molecule has 0 saturated heterocycles. The van der Waals surface area contributed by atoms with Crippen LogP contribution in [-0.2, 0) is 11.2 Å². The van der Waals surface area contributed by atoms with Crippen LogP contribution in [0.15, 0.2) is 4.52 Å². The normalized spacial score (nSPS) is 16.6. The summed E-state index contributed by atoms with van der Waals surface area (Å²) in [5.74, 6) is 1.08. The van der Waals surface area contributed by atoms with E-state index in [9.17, 15) is 4.79 Å². The molecule has 18 heavy (non-hydrogen) atoms. The van der Waals surface area contributed by atoms with Crippen molar-refractivity contribution in [2.24, 2.45) is 5.41 Å². The van der Waals surface area contributed by atoms with Crippen molar-refractivity contribution in [1.29, 1.82) is 0 Å². The van der Waals surface area contributed by atoms with Crippen LogP contribution in [0.3, 0.4) is 0 Å². The van der Waals surface area contributed by atoms with Gasteiger partial charge in [-0.3, -0.25) is 4.79 Å². The number of nitrogens with one attached hydrogen (secondary N) is 1. The summed E-state index contributed by atoms with van der Waals surface area (Å²) in [5.41, 5.74) is 0.158. The number of hydrogen-bond donors (Lipinski definition) is 2. The lowest BCUT2D eigenvalue weighted by Gasteiger charge is -2.14. The van der Waals surface area contributed by atoms with Gasteiger partial charge in [-0.2, -0.15) is 4.98 Å². The molecule has 0 spiro atoms. The summed E-state index contributed by atoms with van der Waals surface area (Å²) in [5, 5.41) is 15.5. The van der Waals surface area contributed by atoms with E-state index >= 15 is 0 Å². The van der Waals surface area contributed by atoms with Crippen LogP contribution in [0.25, 0.3) is 0 Å². The average Bonchev–Trinajstić information content (AvgIpc) is 2.99. The number of hydrogen-bond acceptors (Lipinski definition) is 5. The highest BCUT2D eigenvalue weighted by molar-refractivity contribution is 5.76. The SMILES string of the molecule is Cc1noc(CCC(=O)NCC2(CCO)CC2)n1. The number of aliphatic hydroxyl groups is 1. The van der Waals surface area contributed by atoms with Crippen LogP contribution >= 0.6 is 0 Å². The first-order chi connectivity index (χ1) is 8.63. The maximum atomic E-state index is 11.6. The molecule has 0 bridgehead atoms. The Kier molecular flexibility index (Phi) is 3.96. The lowest BCUT2D eigenvalue weighted by molar-refractivity contribution is -0.121. The second-order valence-electron chi connectivity index (χ2n) is 4.99. The minimum absolute atomic E-state index is 0.00457. The van der Waals surface area contributed by atoms with Crippen molar-refractivity contribution in [3.63, 3.8) is 0 Å². The van der Waals surface area contributed by atoms with E-state index < -0.39 is 0 Å². The molecule has 2 N–H and O–H groups in total. The summed E-state index contributed by atoms with van der Waals surface area (Å²) < 4.78 is 4.94. The van der Waals surface area contributed by atoms with Gasteiger partial charge in [-0.1, -0.05) is 5.16 Å². The van der Waals surface area contributed by atoms with E-state index in [1.807, 2.05) is 0 Å². The molecule has 6 heteroatoms. The molecule has 1 aliphatic rings. The van der Waals surface area contributed by atoms with Crippen molar-refractivity contribution in [3.05, 3.63) is 11.7 Å². The van der Waals surface area contributed by atoms with E-state index in [4.69, 9.17) is 9.63 Å². The van der Waals surface area contributed by atoms with E-state index in [1.165, 1.54) is 0 Å². The van der Waals surface area contributed by atoms with Gasteiger partial charge in [0.15, 0.2) is 5.82 Å². The largest absolute Gasteiger partial charge is 0.396 e. The number of amides is 1. The minimum atomic E-state index is -0.00457. The quantitative estimate of drug-likeness (QED) is 0.742. The van der Waals surface area contributed by atoms with Crippen molar-refractivity contribution < 1.29 is 14.4 Å². The fraction of sp³-hybridized carbons (Fsp3) is 0.750. The van der Waals surface area contributed by atoms with Gasteiger partial charge in [0.1, 0.15) is 0 Å². The summed E-state index contributed by atoms with van der Waals surface area (Å²) in [6.07, 6.45) is 3.79. The maximum absolute atomic E-state index is 11.6. The zero-order valence-corrected chi connectivity index (χ0v) is 10.6. The molecule has 0 radical (unpaired) electrons. The van der Waals surface area contributed by atoms with Crippen LogP contribution < -0.4 is 5.32 Å². The predicted molar refractivity (Wildman–Crippen MR) is 63.7 cm³/mol. The molecule has 1 aromatic heterocycles. The summed E-state index contributed by atoms with van der Waals surface area (Å²) in [4.78, 5) is 15.7. The molecule has 1 aromatic rings. The molecule has 0 aromatic carbocycles. The first kappa shape index (κ1) is 13.0. The van der Waals surface area contributed by atoms with E-state index in [0.717, 1.165) is 19.3 Å². The molecule has 100 valence electrons. The van der Waals surface area contributed by atoms with Crippen molar-refractivity contribution in [2.75, 3.05) is 13.2 Å². The fourth-order valence-corrected chi connectivity index (χ4v) is 1.97. The minimum Gasteiger partial charge on any atom is -0.396 e. The van der Waals surface area contributed by atoms with E-state index in [0.29, 0.717) is 31.1 Å². The van der Waals surface area contributed by atoms with Gasteiger partial charge in [-0.25, -0.2) is 0 Å². The second kappa shape index (κ2) is 5.48. The number of rotatable bonds is 7. The first-order valence-electron chi connectivity index (χ1n) is 6.30. The van der Waals surface area contributed by atoms with Gasteiger partial charge in [-0.05, 0) is 31.6 Å². The van der Waals surface area contributed by atoms with Crippen molar-refractivity contribution in [1.82, 2.24) is 15.5 Å². The molecule has 6 nitrogen and oxygen atoms in total. The Balaban J connectivity index is 1.66. The highest BCUT2D eigenvalue weighted by Gasteiger charge is 2.41. The van der Waals surface area contributed by atoms with E-state index in [2.05, 4.69) is 15.5 Å². The zero-order valence-electron chi connectivity index (χ0n) is 10.6. The second-order valence-corrected chi connectivity index (χ2v) is 4.99. The molecule has 1 heterocycles. The number of aryl methyl sites for hydroxylation is 2. The fourth-order valence-electron chi connectivity index (χ4n) is 1.97. The number of nitrogens with zero attached hydrogens (tertiary/aromatic N) is 2. The summed E-state index contributed by atoms with van der Waals surface area (Å²) >= 11 is 0. The molecule has 0 atom stereocenters. The van der Waals surface area contributed by atoms with Gasteiger partial charge < -0.3 is 14.9 Å². The Labute approximate surface area is 106 Å². The van der Waals surface area contributed by atoms with E-state index in [-0.39, 0.29) is 17.9 Å². The van der Waals surface area contributed by atoms with Crippen molar-refractivity contribution in [2.45, 2.75) is 39.0 Å². The molecule has 2 rings (SSSR count). The Morgan fingerprint density at radius 3 is 2.89 bits per heavy atom. The maximum Gasteiger partial charge on any atom is 0.227 e. The Bertz CT molecular complexity index is 412. The molecular weight excluding hydrogens is 234 g/mol. The van der Waals surface area contributed by atoms with Gasteiger partial charge in [-0.15, -0.1) is 0 Å². The summed E-state index contributed by atoms with van der Waals surface area (Å²) in [7, 11) is 0. The van der Waals surface area contributed by atoms with Gasteiger partial charge in [0.2, 0.25) is 11.8 Å². The van der Waals surface area contributed by atoms with Gasteiger partial charge in [0, 0.05) is 26.0 Å². The van der Waals surface area contributed by atoms with Gasteiger partial charge >= 0.3 is 0 Å². The molecular formula is C12H19N3O3. The van der Waals surface area contributed by atoms with Crippen LogP contribution in [0.2, 0.25) is 0 Å². The number of aliphatic hydroxyl groups excluding tert-OH is 1. The molecule has 1 amide bonds. The molecule has 0 unspecified atom stereocenters. The predicted octanol–water partition coefficient (Wildman–Crippen LogP) is 0.589. The lowest BCUT2D eigenvalue weighted by atomic mass is 10.0. The molecule has 0 aliphatic heterocycles. The summed E-state index contributed by atoms with van der Waals surface area (Å²) in [6.45, 7) is 2.60. The first-order valence-corrected chi connectivity index (χ1v) is 6.30. The summed E-state index contributed by atoms with van der Waals surface area (Å²) in [6, 6.07) is 0. The Morgan fingerprint density at radius 2 is 2.33 bits per heavy atom. The third kappa shape index (κ3) is 3.53. The third-order valence-electron chi connectivity index (χ3n) is 3.40. The Hall–Kier alpha value is -1.43. The topological polar surface area (TPSA) is 88.2 Å². The third-order valence-corrected chi connectivity index (χ3v) is 3.40. The van der Waals surface area contributed by atoms with E-state index in [1.54, 1.807) is 6.92 Å². The number of carbonyl (C=O) groups excluding carboxylic acids is 1.